The maximum atomic E-state index is 12.4. The first-order chi connectivity index (χ1) is 13.0. The summed E-state index contributed by atoms with van der Waals surface area (Å²) in [5, 5.41) is 10.5. The third-order valence-electron chi connectivity index (χ3n) is 3.63. The minimum absolute atomic E-state index is 0.210. The van der Waals surface area contributed by atoms with E-state index in [9.17, 15) is 14.7 Å². The van der Waals surface area contributed by atoms with Crippen molar-refractivity contribution in [2.75, 3.05) is 27.9 Å². The number of aliphatic carboxylic acids is 1. The summed E-state index contributed by atoms with van der Waals surface area (Å²) in [6, 6.07) is 9.76. The molecule has 2 rings (SSSR count). The van der Waals surface area contributed by atoms with Gasteiger partial charge in [-0.05, 0) is 42.0 Å². The lowest BCUT2D eigenvalue weighted by Gasteiger charge is -2.11. The van der Waals surface area contributed by atoms with Crippen molar-refractivity contribution in [3.05, 3.63) is 53.6 Å². The molecule has 0 aromatic heterocycles. The number of carboxylic acids is 1. The number of carbonyl (C=O) groups is 2. The largest absolute Gasteiger partial charge is 0.546 e. The fourth-order valence-electron chi connectivity index (χ4n) is 2.30. The summed E-state index contributed by atoms with van der Waals surface area (Å²) in [5.41, 5.74) is 1.13. The van der Waals surface area contributed by atoms with Crippen LogP contribution in [0, 0.1) is 0 Å². The molecule has 0 bridgehead atoms. The van der Waals surface area contributed by atoms with Gasteiger partial charge in [-0.15, -0.1) is 0 Å². The highest BCUT2D eigenvalue weighted by Gasteiger charge is 2.10. The fraction of sp³-hybridized carbons (Fsp3) is 0.200. The van der Waals surface area contributed by atoms with E-state index in [1.807, 2.05) is 0 Å². The second-order valence-electron chi connectivity index (χ2n) is 5.34. The van der Waals surface area contributed by atoms with Crippen molar-refractivity contribution >= 4 is 17.8 Å². The summed E-state index contributed by atoms with van der Waals surface area (Å²) in [6.07, 6.45) is 3.06. The van der Waals surface area contributed by atoms with Gasteiger partial charge in [0.25, 0.3) is 0 Å². The predicted molar refractivity (Wildman–Crippen MR) is 96.4 cm³/mol. The number of rotatable bonds is 9. The van der Waals surface area contributed by atoms with Crippen molar-refractivity contribution in [1.82, 2.24) is 0 Å². The lowest BCUT2D eigenvalue weighted by molar-refractivity contribution is -0.307. The van der Waals surface area contributed by atoms with Gasteiger partial charge in [0.2, 0.25) is 0 Å². The van der Waals surface area contributed by atoms with Crippen molar-refractivity contribution in [2.24, 2.45) is 0 Å². The number of hydrogen-bond acceptors (Lipinski definition) is 7. The van der Waals surface area contributed by atoms with Gasteiger partial charge in [-0.1, -0.05) is 12.1 Å². The first kappa shape index (κ1) is 19.8. The molecular formula is C20H19O7-. The molecule has 0 fully saturated rings. The Morgan fingerprint density at radius 2 is 1.52 bits per heavy atom. The standard InChI is InChI=1S/C20H20O7/c1-24-16-8-5-13(10-18(16)25-2)4-7-15(21)14-6-9-17(19(11-14)26-3)27-12-20(22)23/h4-11H,12H2,1-3H3,(H,22,23)/p-1/b7-4+. The molecule has 2 aromatic carbocycles. The third-order valence-corrected chi connectivity index (χ3v) is 3.63. The quantitative estimate of drug-likeness (QED) is 0.489. The van der Waals surface area contributed by atoms with Gasteiger partial charge < -0.3 is 28.8 Å². The van der Waals surface area contributed by atoms with Crippen LogP contribution in [0.1, 0.15) is 15.9 Å². The molecule has 0 aliphatic carbocycles. The van der Waals surface area contributed by atoms with Gasteiger partial charge in [0, 0.05) is 5.56 Å². The molecule has 0 unspecified atom stereocenters. The van der Waals surface area contributed by atoms with Crippen LogP contribution in [-0.4, -0.2) is 39.7 Å². The van der Waals surface area contributed by atoms with Crippen LogP contribution in [-0.2, 0) is 4.79 Å². The number of carbonyl (C=O) groups excluding carboxylic acids is 2. The summed E-state index contributed by atoms with van der Waals surface area (Å²) < 4.78 is 20.6. The van der Waals surface area contributed by atoms with Crippen LogP contribution in [0.25, 0.3) is 6.08 Å². The Hall–Kier alpha value is -3.48. The molecular weight excluding hydrogens is 352 g/mol. The Morgan fingerprint density at radius 1 is 0.889 bits per heavy atom. The number of carboxylic acid groups (broad SMARTS) is 1. The first-order valence-electron chi connectivity index (χ1n) is 7.93. The molecule has 0 saturated heterocycles. The van der Waals surface area contributed by atoms with Crippen LogP contribution in [0.15, 0.2) is 42.5 Å². The maximum Gasteiger partial charge on any atom is 0.185 e. The molecule has 0 amide bonds. The summed E-state index contributed by atoms with van der Waals surface area (Å²) in [4.78, 5) is 22.9. The van der Waals surface area contributed by atoms with Crippen LogP contribution in [0.3, 0.4) is 0 Å². The molecule has 7 heteroatoms. The molecule has 2 aromatic rings. The number of allylic oxidation sites excluding steroid dienone is 1. The van der Waals surface area contributed by atoms with Crippen LogP contribution in [0.5, 0.6) is 23.0 Å². The van der Waals surface area contributed by atoms with Crippen molar-refractivity contribution < 1.29 is 33.6 Å². The van der Waals surface area contributed by atoms with Gasteiger partial charge in [0.05, 0.1) is 27.3 Å². The highest BCUT2D eigenvalue weighted by molar-refractivity contribution is 6.07. The maximum absolute atomic E-state index is 12.4. The minimum Gasteiger partial charge on any atom is -0.546 e. The van der Waals surface area contributed by atoms with Gasteiger partial charge >= 0.3 is 0 Å². The predicted octanol–water partition coefficient (Wildman–Crippen LogP) is 1.74. The summed E-state index contributed by atoms with van der Waals surface area (Å²) in [6.45, 7) is -0.608. The average Bonchev–Trinajstić information content (AvgIpc) is 2.69. The number of ether oxygens (including phenoxy) is 4. The van der Waals surface area contributed by atoms with Gasteiger partial charge in [0.15, 0.2) is 28.8 Å². The average molecular weight is 371 g/mol. The number of benzene rings is 2. The van der Waals surface area contributed by atoms with E-state index >= 15 is 0 Å². The van der Waals surface area contributed by atoms with E-state index in [2.05, 4.69) is 0 Å². The Balaban J connectivity index is 2.17. The Bertz CT molecular complexity index is 855. The zero-order chi connectivity index (χ0) is 19.8. The molecule has 0 aliphatic rings. The van der Waals surface area contributed by atoms with Gasteiger partial charge in [-0.3, -0.25) is 4.79 Å². The highest BCUT2D eigenvalue weighted by Crippen LogP contribution is 2.29. The highest BCUT2D eigenvalue weighted by atomic mass is 16.5. The SMILES string of the molecule is COc1ccc(/C=C/C(=O)c2ccc(OCC(=O)[O-])c(OC)c2)cc1OC. The molecule has 0 radical (unpaired) electrons. The van der Waals surface area contributed by atoms with E-state index in [1.54, 1.807) is 31.4 Å². The van der Waals surface area contributed by atoms with E-state index in [0.717, 1.165) is 5.56 Å². The van der Waals surface area contributed by atoms with E-state index < -0.39 is 12.6 Å². The Kier molecular flexibility index (Phi) is 6.82. The second kappa shape index (κ2) is 9.28. The normalized spacial score (nSPS) is 10.5. The molecule has 0 spiro atoms. The van der Waals surface area contributed by atoms with Gasteiger partial charge in [-0.25, -0.2) is 0 Å². The number of methoxy groups -OCH3 is 3. The van der Waals surface area contributed by atoms with Gasteiger partial charge in [-0.2, -0.15) is 0 Å². The van der Waals surface area contributed by atoms with E-state index in [0.29, 0.717) is 17.1 Å². The molecule has 0 aliphatic heterocycles. The van der Waals surface area contributed by atoms with Crippen molar-refractivity contribution in [1.29, 1.82) is 0 Å². The van der Waals surface area contributed by atoms with Crippen LogP contribution >= 0.6 is 0 Å². The van der Waals surface area contributed by atoms with Crippen molar-refractivity contribution in [2.45, 2.75) is 0 Å². The van der Waals surface area contributed by atoms with E-state index in [1.165, 1.54) is 38.5 Å². The summed E-state index contributed by atoms with van der Waals surface area (Å²) >= 11 is 0. The van der Waals surface area contributed by atoms with Crippen LogP contribution < -0.4 is 24.1 Å². The van der Waals surface area contributed by atoms with E-state index in [-0.39, 0.29) is 17.3 Å². The minimum atomic E-state index is -1.35. The number of ketones is 1. The summed E-state index contributed by atoms with van der Waals surface area (Å²) in [7, 11) is 4.48. The lowest BCUT2D eigenvalue weighted by Crippen LogP contribution is -2.29. The smallest absolute Gasteiger partial charge is 0.185 e. The molecule has 0 saturated carbocycles. The zero-order valence-electron chi connectivity index (χ0n) is 15.2. The monoisotopic (exact) mass is 371 g/mol. The van der Waals surface area contributed by atoms with E-state index in [4.69, 9.17) is 18.9 Å². The molecule has 142 valence electrons. The molecule has 7 nitrogen and oxygen atoms in total. The summed E-state index contributed by atoms with van der Waals surface area (Å²) in [5.74, 6) is 0.00869. The van der Waals surface area contributed by atoms with Crippen LogP contribution in [0.2, 0.25) is 0 Å². The first-order valence-corrected chi connectivity index (χ1v) is 7.93. The Morgan fingerprint density at radius 3 is 2.15 bits per heavy atom. The van der Waals surface area contributed by atoms with Crippen molar-refractivity contribution in [3.8, 4) is 23.0 Å². The van der Waals surface area contributed by atoms with Gasteiger partial charge in [0.1, 0.15) is 6.61 Å². The zero-order valence-corrected chi connectivity index (χ0v) is 15.2. The molecule has 0 atom stereocenters. The molecule has 27 heavy (non-hydrogen) atoms. The lowest BCUT2D eigenvalue weighted by atomic mass is 10.1. The third kappa shape index (κ3) is 5.24. The topological polar surface area (TPSA) is 94.1 Å². The van der Waals surface area contributed by atoms with Crippen LogP contribution in [0.4, 0.5) is 0 Å². The fourth-order valence-corrected chi connectivity index (χ4v) is 2.30. The molecule has 0 N–H and O–H groups in total. The van der Waals surface area contributed by atoms with Crippen molar-refractivity contribution in [3.63, 3.8) is 0 Å². The Labute approximate surface area is 156 Å². The second-order valence-corrected chi connectivity index (χ2v) is 5.34. The number of hydrogen-bond donors (Lipinski definition) is 0. The molecule has 0 heterocycles.